The number of aliphatic hydroxyl groups is 1. The van der Waals surface area contributed by atoms with E-state index in [-0.39, 0.29) is 43.4 Å². The Bertz CT molecular complexity index is 567. The van der Waals surface area contributed by atoms with Crippen LogP contribution in [0.3, 0.4) is 0 Å². The third-order valence-corrected chi connectivity index (χ3v) is 5.64. The summed E-state index contributed by atoms with van der Waals surface area (Å²) < 4.78 is 0. The fourth-order valence-corrected chi connectivity index (χ4v) is 3.90. The molecule has 9 heteroatoms. The highest BCUT2D eigenvalue weighted by molar-refractivity contribution is 6.07. The molecule has 8 nitrogen and oxygen atoms in total. The Labute approximate surface area is 160 Å². The average Bonchev–Trinajstić information content (AvgIpc) is 3.28. The zero-order valence-corrected chi connectivity index (χ0v) is 16.2. The summed E-state index contributed by atoms with van der Waals surface area (Å²) in [5.41, 5.74) is -1.01. The predicted molar refractivity (Wildman–Crippen MR) is 97.9 cm³/mol. The lowest BCUT2D eigenvalue weighted by Crippen LogP contribution is -2.51. The topological polar surface area (TPSA) is 102 Å². The van der Waals surface area contributed by atoms with Gasteiger partial charge in [-0.3, -0.25) is 14.9 Å². The summed E-state index contributed by atoms with van der Waals surface area (Å²) in [6, 6.07) is -0.442. The highest BCUT2D eigenvalue weighted by Gasteiger charge is 2.47. The molecule has 0 bridgehead atoms. The van der Waals surface area contributed by atoms with Gasteiger partial charge >= 0.3 is 6.03 Å². The van der Waals surface area contributed by atoms with Gasteiger partial charge in [0.2, 0.25) is 5.91 Å². The Kier molecular flexibility index (Phi) is 6.52. The molecule has 1 saturated carbocycles. The number of imide groups is 1. The molecule has 0 aromatic carbocycles. The monoisotopic (exact) mass is 388 g/mol. The van der Waals surface area contributed by atoms with E-state index in [4.69, 9.17) is 5.11 Å². The van der Waals surface area contributed by atoms with Gasteiger partial charge in [0.1, 0.15) is 12.1 Å². The van der Waals surface area contributed by atoms with Gasteiger partial charge in [0.25, 0.3) is 5.91 Å². The maximum absolute atomic E-state index is 12.5. The van der Waals surface area contributed by atoms with Crippen LogP contribution in [0.4, 0.5) is 4.79 Å². The summed E-state index contributed by atoms with van der Waals surface area (Å²) in [6.45, 7) is 5.90. The molecule has 3 aliphatic rings. The number of nitrogens with zero attached hydrogens (tertiary/aromatic N) is 2. The molecule has 0 aromatic heterocycles. The number of halogens is 1. The van der Waals surface area contributed by atoms with Gasteiger partial charge in [-0.15, -0.1) is 12.4 Å². The molecule has 3 fully saturated rings. The van der Waals surface area contributed by atoms with Crippen LogP contribution in [0.5, 0.6) is 0 Å². The number of rotatable bonds is 7. The molecule has 0 radical (unpaired) electrons. The first-order valence-electron chi connectivity index (χ1n) is 9.08. The first kappa shape index (κ1) is 20.9. The summed E-state index contributed by atoms with van der Waals surface area (Å²) in [6.07, 6.45) is 3.16. The molecule has 1 aliphatic carbocycles. The molecule has 148 valence electrons. The molecular weight excluding hydrogens is 360 g/mol. The van der Waals surface area contributed by atoms with Crippen LogP contribution in [0, 0.1) is 11.8 Å². The van der Waals surface area contributed by atoms with E-state index < -0.39 is 11.6 Å². The third-order valence-electron chi connectivity index (χ3n) is 5.64. The van der Waals surface area contributed by atoms with Crippen molar-refractivity contribution in [2.45, 2.75) is 44.7 Å². The Hall–Kier alpha value is -1.38. The van der Waals surface area contributed by atoms with Crippen LogP contribution >= 0.6 is 12.4 Å². The van der Waals surface area contributed by atoms with Crippen molar-refractivity contribution >= 4 is 30.3 Å². The second-order valence-corrected chi connectivity index (χ2v) is 7.92. The van der Waals surface area contributed by atoms with Crippen LogP contribution in [0.1, 0.15) is 33.1 Å². The summed E-state index contributed by atoms with van der Waals surface area (Å²) in [5, 5.41) is 14.4. The molecule has 0 aromatic rings. The van der Waals surface area contributed by atoms with Crippen LogP contribution < -0.4 is 10.6 Å². The molecule has 0 unspecified atom stereocenters. The standard InChI is InChI=1S/C17H28N4O4.ClH/c1-17(2)15(24)19-16(25)21(17)10-14(23)18-13-9-20(6-3-7-22)8-12(13)11-4-5-11;/h11-13,22H,3-10H2,1-2H3,(H,18,23)(H,19,24,25);1H/t12-,13+;/m1./s1. The lowest BCUT2D eigenvalue weighted by atomic mass is 9.98. The number of carbonyl (C=O) groups is 3. The zero-order valence-electron chi connectivity index (χ0n) is 15.4. The number of likely N-dealkylation sites (tertiary alicyclic amines) is 1. The number of aliphatic hydroxyl groups excluding tert-OH is 1. The Morgan fingerprint density at radius 1 is 1.31 bits per heavy atom. The van der Waals surface area contributed by atoms with E-state index in [1.165, 1.54) is 17.7 Å². The summed E-state index contributed by atoms with van der Waals surface area (Å²) in [7, 11) is 0. The van der Waals surface area contributed by atoms with Crippen molar-refractivity contribution in [3.05, 3.63) is 0 Å². The number of hydrogen-bond donors (Lipinski definition) is 3. The van der Waals surface area contributed by atoms with Gasteiger partial charge < -0.3 is 20.2 Å². The Morgan fingerprint density at radius 3 is 2.54 bits per heavy atom. The fraction of sp³-hybridized carbons (Fsp3) is 0.824. The molecule has 26 heavy (non-hydrogen) atoms. The van der Waals surface area contributed by atoms with Gasteiger partial charge in [0, 0.05) is 32.3 Å². The summed E-state index contributed by atoms with van der Waals surface area (Å²) in [5.74, 6) is 0.497. The smallest absolute Gasteiger partial charge is 0.325 e. The molecule has 2 aliphatic heterocycles. The van der Waals surface area contributed by atoms with Crippen LogP contribution in [0.2, 0.25) is 0 Å². The van der Waals surface area contributed by atoms with Gasteiger partial charge in [0.05, 0.1) is 0 Å². The van der Waals surface area contributed by atoms with Crippen LogP contribution in [0.25, 0.3) is 0 Å². The molecule has 2 heterocycles. The van der Waals surface area contributed by atoms with Crippen LogP contribution in [-0.2, 0) is 9.59 Å². The van der Waals surface area contributed by atoms with E-state index in [0.29, 0.717) is 11.8 Å². The van der Waals surface area contributed by atoms with Gasteiger partial charge in [-0.25, -0.2) is 4.79 Å². The molecule has 3 N–H and O–H groups in total. The maximum Gasteiger partial charge on any atom is 0.325 e. The van der Waals surface area contributed by atoms with Crippen molar-refractivity contribution in [2.24, 2.45) is 11.8 Å². The second kappa shape index (κ2) is 8.10. The average molecular weight is 389 g/mol. The lowest BCUT2D eigenvalue weighted by Gasteiger charge is -2.28. The minimum Gasteiger partial charge on any atom is -0.396 e. The third kappa shape index (κ3) is 4.29. The van der Waals surface area contributed by atoms with Gasteiger partial charge in [-0.2, -0.15) is 0 Å². The number of urea groups is 1. The highest BCUT2D eigenvalue weighted by atomic mass is 35.5. The van der Waals surface area contributed by atoms with Crippen molar-refractivity contribution in [2.75, 3.05) is 32.8 Å². The van der Waals surface area contributed by atoms with Crippen molar-refractivity contribution in [1.29, 1.82) is 0 Å². The van der Waals surface area contributed by atoms with Crippen LogP contribution in [0.15, 0.2) is 0 Å². The molecule has 3 rings (SSSR count). The Morgan fingerprint density at radius 2 is 2.00 bits per heavy atom. The van der Waals surface area contributed by atoms with Gasteiger partial charge in [-0.05, 0) is 44.9 Å². The van der Waals surface area contributed by atoms with Gasteiger partial charge in [-0.1, -0.05) is 0 Å². The van der Waals surface area contributed by atoms with Gasteiger partial charge in [0.15, 0.2) is 0 Å². The Balaban J connectivity index is 0.00000243. The maximum atomic E-state index is 12.5. The van der Waals surface area contributed by atoms with E-state index in [1.54, 1.807) is 13.8 Å². The fourth-order valence-electron chi connectivity index (χ4n) is 3.90. The molecule has 4 amide bonds. The molecular formula is C17H29ClN4O4. The predicted octanol–water partition coefficient (Wildman–Crippen LogP) is -0.0524. The quantitative estimate of drug-likeness (QED) is 0.531. The zero-order chi connectivity index (χ0) is 18.2. The number of hydrogen-bond acceptors (Lipinski definition) is 5. The van der Waals surface area contributed by atoms with Crippen molar-refractivity contribution in [1.82, 2.24) is 20.4 Å². The first-order chi connectivity index (χ1) is 11.8. The van der Waals surface area contributed by atoms with E-state index >= 15 is 0 Å². The number of carbonyl (C=O) groups excluding carboxylic acids is 3. The molecule has 2 saturated heterocycles. The van der Waals surface area contributed by atoms with Crippen molar-refractivity contribution < 1.29 is 19.5 Å². The number of amides is 4. The van der Waals surface area contributed by atoms with Crippen molar-refractivity contribution in [3.8, 4) is 0 Å². The minimum atomic E-state index is -1.01. The SMILES string of the molecule is CC1(C)C(=O)NC(=O)N1CC(=O)N[C@H]1CN(CCCO)C[C@@H]1C1CC1.Cl. The van der Waals surface area contributed by atoms with E-state index in [9.17, 15) is 14.4 Å². The number of nitrogens with one attached hydrogen (secondary N) is 2. The largest absolute Gasteiger partial charge is 0.396 e. The minimum absolute atomic E-state index is 0. The summed E-state index contributed by atoms with van der Waals surface area (Å²) >= 11 is 0. The second-order valence-electron chi connectivity index (χ2n) is 7.92. The van der Waals surface area contributed by atoms with Crippen LogP contribution in [-0.4, -0.2) is 77.1 Å². The summed E-state index contributed by atoms with van der Waals surface area (Å²) in [4.78, 5) is 39.8. The lowest BCUT2D eigenvalue weighted by molar-refractivity contribution is -0.127. The van der Waals surface area contributed by atoms with E-state index in [1.807, 2.05) is 0 Å². The normalized spacial score (nSPS) is 28.0. The molecule has 0 spiro atoms. The first-order valence-corrected chi connectivity index (χ1v) is 9.08. The highest BCUT2D eigenvalue weighted by Crippen LogP contribution is 2.41. The van der Waals surface area contributed by atoms with Crippen molar-refractivity contribution in [3.63, 3.8) is 0 Å². The van der Waals surface area contributed by atoms with E-state index in [2.05, 4.69) is 15.5 Å². The van der Waals surface area contributed by atoms with E-state index in [0.717, 1.165) is 26.1 Å². The molecule has 2 atom stereocenters.